The first-order valence-corrected chi connectivity index (χ1v) is 3.60. The van der Waals surface area contributed by atoms with Crippen LogP contribution in [0.2, 0.25) is 0 Å². The minimum Gasteiger partial charge on any atom is -0.296 e. The molecule has 3 nitrogen and oxygen atoms in total. The summed E-state index contributed by atoms with van der Waals surface area (Å²) in [5.41, 5.74) is 0.344. The van der Waals surface area contributed by atoms with Crippen LogP contribution < -0.4 is 0 Å². The number of aldehydes is 1. The number of rotatable bonds is 1. The number of benzene rings is 1. The highest BCUT2D eigenvalue weighted by molar-refractivity contribution is 6.66. The molecule has 0 unspecified atom stereocenters. The van der Waals surface area contributed by atoms with Crippen molar-refractivity contribution >= 4 is 23.5 Å². The Balaban J connectivity index is 2.60. The van der Waals surface area contributed by atoms with Crippen molar-refractivity contribution < 1.29 is 14.0 Å². The maximum atomic E-state index is 12.7. The lowest BCUT2D eigenvalue weighted by atomic mass is 10.1. The monoisotopic (exact) mass is 177 g/mol. The van der Waals surface area contributed by atoms with Gasteiger partial charge in [-0.25, -0.2) is 9.38 Å². The highest BCUT2D eigenvalue weighted by atomic mass is 19.1. The van der Waals surface area contributed by atoms with Gasteiger partial charge in [-0.05, 0) is 18.2 Å². The second kappa shape index (κ2) is 2.58. The molecule has 0 saturated heterocycles. The number of aliphatic imine (C=N–C) groups is 1. The molecule has 0 amide bonds. The van der Waals surface area contributed by atoms with Gasteiger partial charge in [-0.3, -0.25) is 9.59 Å². The van der Waals surface area contributed by atoms with Gasteiger partial charge in [0.2, 0.25) is 5.78 Å². The zero-order chi connectivity index (χ0) is 9.42. The fourth-order valence-corrected chi connectivity index (χ4v) is 1.19. The third kappa shape index (κ3) is 1.07. The van der Waals surface area contributed by atoms with E-state index in [1.54, 1.807) is 0 Å². The molecule has 0 aromatic heterocycles. The van der Waals surface area contributed by atoms with Crippen LogP contribution in [0.3, 0.4) is 0 Å². The Morgan fingerprint density at radius 3 is 2.85 bits per heavy atom. The quantitative estimate of drug-likeness (QED) is 0.607. The molecule has 4 heteroatoms. The van der Waals surface area contributed by atoms with Gasteiger partial charge in [0.05, 0.1) is 11.3 Å². The molecule has 64 valence electrons. The van der Waals surface area contributed by atoms with Crippen molar-refractivity contribution in [1.29, 1.82) is 0 Å². The van der Waals surface area contributed by atoms with Gasteiger partial charge < -0.3 is 0 Å². The van der Waals surface area contributed by atoms with Crippen molar-refractivity contribution in [1.82, 2.24) is 0 Å². The normalized spacial score (nSPS) is 13.9. The largest absolute Gasteiger partial charge is 0.296 e. The predicted molar refractivity (Wildman–Crippen MR) is 43.9 cm³/mol. The molecule has 0 spiro atoms. The van der Waals surface area contributed by atoms with E-state index in [-0.39, 0.29) is 11.3 Å². The van der Waals surface area contributed by atoms with E-state index in [4.69, 9.17) is 0 Å². The molecule has 0 saturated carbocycles. The number of hydrogen-bond acceptors (Lipinski definition) is 3. The second-order valence-electron chi connectivity index (χ2n) is 2.61. The fraction of sp³-hybridized carbons (Fsp3) is 0. The summed E-state index contributed by atoms with van der Waals surface area (Å²) in [7, 11) is 0. The maximum Gasteiger partial charge on any atom is 0.217 e. The van der Waals surface area contributed by atoms with Gasteiger partial charge in [0, 0.05) is 0 Å². The summed E-state index contributed by atoms with van der Waals surface area (Å²) in [5.74, 6) is -1.01. The summed E-state index contributed by atoms with van der Waals surface area (Å²) in [6.45, 7) is 0. The molecule has 0 radical (unpaired) electrons. The van der Waals surface area contributed by atoms with Crippen LogP contribution in [0.4, 0.5) is 10.1 Å². The minimum atomic E-state index is -0.510. The predicted octanol–water partition coefficient (Wildman–Crippen LogP) is 1.29. The summed E-state index contributed by atoms with van der Waals surface area (Å²) in [4.78, 5) is 25.3. The zero-order valence-electron chi connectivity index (χ0n) is 6.45. The minimum absolute atomic E-state index is 0.155. The second-order valence-corrected chi connectivity index (χ2v) is 2.61. The van der Waals surface area contributed by atoms with Crippen LogP contribution in [0.15, 0.2) is 23.2 Å². The number of fused-ring (bicyclic) bond motifs is 1. The smallest absolute Gasteiger partial charge is 0.217 e. The molecule has 0 fully saturated rings. The van der Waals surface area contributed by atoms with Gasteiger partial charge in [0.1, 0.15) is 5.82 Å². The SMILES string of the molecule is O=CC1=Nc2ccc(F)cc2C1=O. The van der Waals surface area contributed by atoms with Crippen molar-refractivity contribution in [2.75, 3.05) is 0 Å². The van der Waals surface area contributed by atoms with Crippen molar-refractivity contribution in [3.05, 3.63) is 29.6 Å². The highest BCUT2D eigenvalue weighted by Crippen LogP contribution is 2.26. The molecule has 0 bridgehead atoms. The van der Waals surface area contributed by atoms with E-state index in [0.29, 0.717) is 12.0 Å². The van der Waals surface area contributed by atoms with E-state index in [2.05, 4.69) is 4.99 Å². The lowest BCUT2D eigenvalue weighted by Crippen LogP contribution is -2.10. The molecule has 1 aliphatic heterocycles. The molecule has 1 aromatic rings. The number of Topliss-reactive ketones (excluding diaryl/α,β-unsaturated/α-hetero) is 1. The van der Waals surface area contributed by atoms with E-state index in [1.165, 1.54) is 12.1 Å². The molecular weight excluding hydrogens is 173 g/mol. The van der Waals surface area contributed by atoms with Crippen LogP contribution >= 0.6 is 0 Å². The lowest BCUT2D eigenvalue weighted by Gasteiger charge is -1.93. The van der Waals surface area contributed by atoms with Crippen LogP contribution in [0, 0.1) is 5.82 Å². The zero-order valence-corrected chi connectivity index (χ0v) is 6.45. The Morgan fingerprint density at radius 1 is 1.38 bits per heavy atom. The van der Waals surface area contributed by atoms with Crippen LogP contribution in [-0.2, 0) is 4.79 Å². The van der Waals surface area contributed by atoms with Crippen LogP contribution in [0.25, 0.3) is 0 Å². The van der Waals surface area contributed by atoms with Gasteiger partial charge >= 0.3 is 0 Å². The fourth-order valence-electron chi connectivity index (χ4n) is 1.19. The third-order valence-corrected chi connectivity index (χ3v) is 1.79. The first-order valence-electron chi connectivity index (χ1n) is 3.60. The summed E-state index contributed by atoms with van der Waals surface area (Å²) >= 11 is 0. The molecule has 2 rings (SSSR count). The molecule has 0 atom stereocenters. The highest BCUT2D eigenvalue weighted by Gasteiger charge is 2.24. The Labute approximate surface area is 72.9 Å². The number of carbonyl (C=O) groups is 2. The van der Waals surface area contributed by atoms with Crippen LogP contribution in [0.1, 0.15) is 10.4 Å². The topological polar surface area (TPSA) is 46.5 Å². The Kier molecular flexibility index (Phi) is 1.55. The summed E-state index contributed by atoms with van der Waals surface area (Å²) < 4.78 is 12.7. The molecule has 1 aliphatic rings. The third-order valence-electron chi connectivity index (χ3n) is 1.79. The van der Waals surface area contributed by atoms with E-state index < -0.39 is 11.6 Å². The average molecular weight is 177 g/mol. The molecule has 13 heavy (non-hydrogen) atoms. The Morgan fingerprint density at radius 2 is 2.15 bits per heavy atom. The van der Waals surface area contributed by atoms with Gasteiger partial charge in [-0.1, -0.05) is 0 Å². The van der Waals surface area contributed by atoms with Gasteiger partial charge in [0.25, 0.3) is 0 Å². The standard InChI is InChI=1S/C9H4FNO2/c10-5-1-2-7-6(3-5)9(13)8(4-12)11-7/h1-4H. The number of ketones is 1. The van der Waals surface area contributed by atoms with E-state index in [1.807, 2.05) is 0 Å². The number of carbonyl (C=O) groups excluding carboxylic acids is 2. The molecule has 0 N–H and O–H groups in total. The molecular formula is C9H4FNO2. The van der Waals surface area contributed by atoms with Gasteiger partial charge in [0.15, 0.2) is 12.0 Å². The number of halogens is 1. The summed E-state index contributed by atoms with van der Waals surface area (Å²) in [6.07, 6.45) is 0.375. The Bertz CT molecular complexity index is 437. The van der Waals surface area contributed by atoms with Crippen molar-refractivity contribution in [3.63, 3.8) is 0 Å². The van der Waals surface area contributed by atoms with Crippen molar-refractivity contribution in [3.8, 4) is 0 Å². The maximum absolute atomic E-state index is 12.7. The Hall–Kier alpha value is -1.84. The molecule has 1 heterocycles. The van der Waals surface area contributed by atoms with Crippen molar-refractivity contribution in [2.24, 2.45) is 4.99 Å². The van der Waals surface area contributed by atoms with Gasteiger partial charge in [-0.2, -0.15) is 0 Å². The molecule has 0 aliphatic carbocycles. The summed E-state index contributed by atoms with van der Waals surface area (Å²) in [6, 6.07) is 3.65. The summed E-state index contributed by atoms with van der Waals surface area (Å²) in [5, 5.41) is 0. The van der Waals surface area contributed by atoms with E-state index in [9.17, 15) is 14.0 Å². The first kappa shape index (κ1) is 7.79. The first-order chi connectivity index (χ1) is 6.22. The van der Waals surface area contributed by atoms with Crippen LogP contribution in [0.5, 0.6) is 0 Å². The average Bonchev–Trinajstić information content (AvgIpc) is 2.44. The number of hydrogen-bond donors (Lipinski definition) is 0. The number of nitrogens with zero attached hydrogens (tertiary/aromatic N) is 1. The molecule has 1 aromatic carbocycles. The lowest BCUT2D eigenvalue weighted by molar-refractivity contribution is -0.102. The van der Waals surface area contributed by atoms with E-state index in [0.717, 1.165) is 6.07 Å². The van der Waals surface area contributed by atoms with Gasteiger partial charge in [-0.15, -0.1) is 0 Å². The van der Waals surface area contributed by atoms with Crippen LogP contribution in [-0.4, -0.2) is 17.8 Å². The van der Waals surface area contributed by atoms with Crippen molar-refractivity contribution in [2.45, 2.75) is 0 Å². The van der Waals surface area contributed by atoms with E-state index >= 15 is 0 Å².